The van der Waals surface area contributed by atoms with Crippen LogP contribution in [0.4, 0.5) is 5.69 Å². The monoisotopic (exact) mass is 221 g/mol. The molecule has 1 heteroatoms. The normalized spacial score (nSPS) is 17.5. The molecule has 3 rings (SSSR count). The summed E-state index contributed by atoms with van der Waals surface area (Å²) in [6, 6.07) is 19.3. The highest BCUT2D eigenvalue weighted by Gasteiger charge is 2.06. The smallest absolute Gasteiger partial charge is 0.0488 e. The summed E-state index contributed by atoms with van der Waals surface area (Å²) in [5.74, 6) is 0. The topological polar surface area (TPSA) is 12.0 Å². The van der Waals surface area contributed by atoms with Crippen LogP contribution in [0.25, 0.3) is 12.2 Å². The summed E-state index contributed by atoms with van der Waals surface area (Å²) in [7, 11) is 0. The number of para-hydroxylation sites is 1. The molecule has 0 saturated carbocycles. The van der Waals surface area contributed by atoms with Crippen LogP contribution < -0.4 is 15.8 Å². The number of hydrogen-bond donors (Lipinski definition) is 1. The second-order valence-electron chi connectivity index (χ2n) is 4.35. The fraction of sp³-hybridized carbons (Fsp3) is 0.125. The van der Waals surface area contributed by atoms with Crippen molar-refractivity contribution >= 4 is 17.8 Å². The van der Waals surface area contributed by atoms with E-state index >= 15 is 0 Å². The fourth-order valence-corrected chi connectivity index (χ4v) is 2.24. The number of rotatable bonds is 2. The van der Waals surface area contributed by atoms with E-state index < -0.39 is 0 Å². The van der Waals surface area contributed by atoms with Crippen molar-refractivity contribution in [3.05, 3.63) is 65.0 Å². The van der Waals surface area contributed by atoms with Crippen molar-refractivity contribution in [3.8, 4) is 0 Å². The van der Waals surface area contributed by atoms with Crippen LogP contribution in [0.1, 0.15) is 6.42 Å². The summed E-state index contributed by atoms with van der Waals surface area (Å²) >= 11 is 0. The van der Waals surface area contributed by atoms with Crippen LogP contribution in [0.2, 0.25) is 0 Å². The SMILES string of the molecule is C1=c2ccccc2=CC(Nc2ccccc2)C1. The third kappa shape index (κ3) is 2.23. The first-order chi connectivity index (χ1) is 8.42. The zero-order valence-corrected chi connectivity index (χ0v) is 9.64. The Balaban J connectivity index is 1.87. The van der Waals surface area contributed by atoms with Crippen LogP contribution in [0.5, 0.6) is 0 Å². The molecule has 0 saturated heterocycles. The molecule has 17 heavy (non-hydrogen) atoms. The van der Waals surface area contributed by atoms with Crippen LogP contribution in [0, 0.1) is 0 Å². The Kier molecular flexibility index (Phi) is 2.66. The zero-order chi connectivity index (χ0) is 11.5. The Morgan fingerprint density at radius 3 is 2.35 bits per heavy atom. The molecule has 84 valence electrons. The molecule has 1 N–H and O–H groups in total. The largest absolute Gasteiger partial charge is 0.379 e. The molecule has 1 nitrogen and oxygen atoms in total. The highest BCUT2D eigenvalue weighted by Crippen LogP contribution is 2.10. The van der Waals surface area contributed by atoms with Crippen molar-refractivity contribution < 1.29 is 0 Å². The molecule has 1 unspecified atom stereocenters. The van der Waals surface area contributed by atoms with Crippen molar-refractivity contribution in [1.29, 1.82) is 0 Å². The quantitative estimate of drug-likeness (QED) is 0.819. The molecule has 1 aliphatic rings. The van der Waals surface area contributed by atoms with Crippen LogP contribution in [0.3, 0.4) is 0 Å². The van der Waals surface area contributed by atoms with E-state index in [1.165, 1.54) is 16.1 Å². The molecule has 0 aliphatic heterocycles. The number of anilines is 1. The minimum Gasteiger partial charge on any atom is -0.379 e. The standard InChI is InChI=1S/C16H15N/c1-2-8-15(9-3-1)17-16-11-10-13-6-4-5-7-14(13)12-16/h1-10,12,16-17H,11H2. The van der Waals surface area contributed by atoms with Gasteiger partial charge in [0.15, 0.2) is 0 Å². The number of fused-ring (bicyclic) bond motifs is 1. The van der Waals surface area contributed by atoms with Crippen molar-refractivity contribution in [2.24, 2.45) is 0 Å². The van der Waals surface area contributed by atoms with E-state index in [1.807, 2.05) is 6.07 Å². The molecule has 0 bridgehead atoms. The maximum atomic E-state index is 3.53. The fourth-order valence-electron chi connectivity index (χ4n) is 2.24. The van der Waals surface area contributed by atoms with Gasteiger partial charge < -0.3 is 5.32 Å². The Labute approximate surface area is 101 Å². The van der Waals surface area contributed by atoms with Crippen molar-refractivity contribution in [2.75, 3.05) is 5.32 Å². The lowest BCUT2D eigenvalue weighted by Crippen LogP contribution is -2.32. The van der Waals surface area contributed by atoms with Gasteiger partial charge in [-0.2, -0.15) is 0 Å². The molecule has 1 aliphatic carbocycles. The first-order valence-electron chi connectivity index (χ1n) is 6.00. The molecular formula is C16H15N. The maximum absolute atomic E-state index is 3.53. The van der Waals surface area contributed by atoms with E-state index in [-0.39, 0.29) is 0 Å². The Hall–Kier alpha value is -2.02. The van der Waals surface area contributed by atoms with E-state index in [0.717, 1.165) is 6.42 Å². The summed E-state index contributed by atoms with van der Waals surface area (Å²) in [5.41, 5.74) is 1.18. The highest BCUT2D eigenvalue weighted by molar-refractivity contribution is 5.53. The first-order valence-corrected chi connectivity index (χ1v) is 6.00. The van der Waals surface area contributed by atoms with E-state index in [0.29, 0.717) is 6.04 Å². The predicted molar refractivity (Wildman–Crippen MR) is 73.1 cm³/mol. The molecule has 0 amide bonds. The van der Waals surface area contributed by atoms with Gasteiger partial charge in [-0.05, 0) is 29.0 Å². The van der Waals surface area contributed by atoms with Crippen molar-refractivity contribution in [2.45, 2.75) is 12.5 Å². The maximum Gasteiger partial charge on any atom is 0.0488 e. The van der Waals surface area contributed by atoms with Crippen LogP contribution in [0.15, 0.2) is 54.6 Å². The van der Waals surface area contributed by atoms with E-state index in [1.54, 1.807) is 0 Å². The second-order valence-corrected chi connectivity index (χ2v) is 4.35. The lowest BCUT2D eigenvalue weighted by Gasteiger charge is -2.17. The van der Waals surface area contributed by atoms with Crippen LogP contribution in [-0.2, 0) is 0 Å². The zero-order valence-electron chi connectivity index (χ0n) is 9.64. The second kappa shape index (κ2) is 4.46. The van der Waals surface area contributed by atoms with Gasteiger partial charge in [-0.25, -0.2) is 0 Å². The summed E-state index contributed by atoms with van der Waals surface area (Å²) in [6.45, 7) is 0. The number of nitrogens with one attached hydrogen (secondary N) is 1. The third-order valence-electron chi connectivity index (χ3n) is 3.09. The summed E-state index contributed by atoms with van der Waals surface area (Å²) in [5, 5.41) is 6.21. The Morgan fingerprint density at radius 1 is 0.824 bits per heavy atom. The van der Waals surface area contributed by atoms with Crippen LogP contribution >= 0.6 is 0 Å². The minimum atomic E-state index is 0.396. The van der Waals surface area contributed by atoms with E-state index in [9.17, 15) is 0 Å². The molecule has 0 radical (unpaired) electrons. The molecular weight excluding hydrogens is 206 g/mol. The summed E-state index contributed by atoms with van der Waals surface area (Å²) < 4.78 is 0. The van der Waals surface area contributed by atoms with Gasteiger partial charge in [0.05, 0.1) is 0 Å². The molecule has 0 spiro atoms. The molecule has 2 aromatic rings. The van der Waals surface area contributed by atoms with Gasteiger partial charge in [0, 0.05) is 11.7 Å². The number of benzene rings is 2. The molecule has 0 fully saturated rings. The van der Waals surface area contributed by atoms with Crippen molar-refractivity contribution in [3.63, 3.8) is 0 Å². The van der Waals surface area contributed by atoms with E-state index in [2.05, 4.69) is 66.0 Å². The van der Waals surface area contributed by atoms with Gasteiger partial charge >= 0.3 is 0 Å². The van der Waals surface area contributed by atoms with Crippen molar-refractivity contribution in [1.82, 2.24) is 0 Å². The number of hydrogen-bond acceptors (Lipinski definition) is 1. The molecule has 0 aromatic heterocycles. The summed E-state index contributed by atoms with van der Waals surface area (Å²) in [4.78, 5) is 0. The van der Waals surface area contributed by atoms with Gasteiger partial charge in [-0.3, -0.25) is 0 Å². The van der Waals surface area contributed by atoms with Gasteiger partial charge in [-0.15, -0.1) is 0 Å². The highest BCUT2D eigenvalue weighted by atomic mass is 14.9. The molecule has 0 heterocycles. The van der Waals surface area contributed by atoms with E-state index in [4.69, 9.17) is 0 Å². The van der Waals surface area contributed by atoms with Gasteiger partial charge in [0.2, 0.25) is 0 Å². The first kappa shape index (κ1) is 10.2. The van der Waals surface area contributed by atoms with Gasteiger partial charge in [-0.1, -0.05) is 54.6 Å². The average Bonchev–Trinajstić information content (AvgIpc) is 2.40. The average molecular weight is 221 g/mol. The Bertz CT molecular complexity index is 613. The van der Waals surface area contributed by atoms with Gasteiger partial charge in [0.1, 0.15) is 0 Å². The third-order valence-corrected chi connectivity index (χ3v) is 3.09. The lowest BCUT2D eigenvalue weighted by atomic mass is 10.0. The van der Waals surface area contributed by atoms with Crippen LogP contribution in [-0.4, -0.2) is 6.04 Å². The predicted octanol–water partition coefficient (Wildman–Crippen LogP) is 2.13. The van der Waals surface area contributed by atoms with Gasteiger partial charge in [0.25, 0.3) is 0 Å². The molecule has 2 aromatic carbocycles. The Morgan fingerprint density at radius 2 is 1.53 bits per heavy atom. The molecule has 1 atom stereocenters. The summed E-state index contributed by atoms with van der Waals surface area (Å²) in [6.07, 6.45) is 5.66. The lowest BCUT2D eigenvalue weighted by molar-refractivity contribution is 0.949. The minimum absolute atomic E-state index is 0.396.